The van der Waals surface area contributed by atoms with Crippen molar-refractivity contribution in [1.29, 1.82) is 0 Å². The van der Waals surface area contributed by atoms with Crippen LogP contribution >= 0.6 is 47.0 Å². The number of halogens is 3. The first-order valence-corrected chi connectivity index (χ1v) is 9.92. The third-order valence-electron chi connectivity index (χ3n) is 3.80. The molecule has 1 amide bonds. The van der Waals surface area contributed by atoms with E-state index in [2.05, 4.69) is 16.0 Å². The lowest BCUT2D eigenvalue weighted by Crippen LogP contribution is -2.56. The van der Waals surface area contributed by atoms with Crippen LogP contribution in [0.5, 0.6) is 11.5 Å². The highest BCUT2D eigenvalue weighted by Gasteiger charge is 2.35. The molecule has 29 heavy (non-hydrogen) atoms. The van der Waals surface area contributed by atoms with Crippen LogP contribution in [0, 0.1) is 6.92 Å². The molecule has 156 valence electrons. The van der Waals surface area contributed by atoms with E-state index < -0.39 is 15.9 Å². The van der Waals surface area contributed by atoms with Crippen molar-refractivity contribution in [3.05, 3.63) is 53.6 Å². The molecule has 2 aromatic rings. The fourth-order valence-corrected chi connectivity index (χ4v) is 2.98. The maximum atomic E-state index is 12.7. The first kappa shape index (κ1) is 23.3. The zero-order valence-electron chi connectivity index (χ0n) is 15.9. The predicted octanol–water partition coefficient (Wildman–Crippen LogP) is 4.42. The van der Waals surface area contributed by atoms with E-state index in [1.165, 1.54) is 20.3 Å². The lowest BCUT2D eigenvalue weighted by Gasteiger charge is -2.28. The molecule has 0 spiro atoms. The molecule has 0 unspecified atom stereocenters. The summed E-state index contributed by atoms with van der Waals surface area (Å²) >= 11 is 23.4. The molecule has 0 saturated carbocycles. The van der Waals surface area contributed by atoms with Crippen LogP contribution in [-0.2, 0) is 0 Å². The first-order chi connectivity index (χ1) is 13.6. The zero-order chi connectivity index (χ0) is 21.6. The van der Waals surface area contributed by atoms with Crippen molar-refractivity contribution in [2.75, 3.05) is 19.5 Å². The number of aryl methyl sites for hydroxylation is 1. The van der Waals surface area contributed by atoms with Crippen molar-refractivity contribution in [3.63, 3.8) is 0 Å². The smallest absolute Gasteiger partial charge is 0.253 e. The number of carbonyl (C=O) groups is 1. The Kier molecular flexibility index (Phi) is 8.22. The summed E-state index contributed by atoms with van der Waals surface area (Å²) in [7, 11) is 2.98. The average Bonchev–Trinajstić information content (AvgIpc) is 2.66. The standard InChI is InChI=1S/C19H20Cl3N3O3S/c1-11-5-4-6-13(9-11)23-18(29)25-17(19(20,21)22)24-16(26)12-7-8-14(27-2)15(10-12)28-3/h4-10,17H,1-3H3,(H,24,26)(H2,23,25,29)/t17-/m1/s1. The van der Waals surface area contributed by atoms with Gasteiger partial charge in [-0.25, -0.2) is 0 Å². The molecule has 0 heterocycles. The Morgan fingerprint density at radius 1 is 1.03 bits per heavy atom. The lowest BCUT2D eigenvalue weighted by molar-refractivity contribution is 0.0934. The van der Waals surface area contributed by atoms with E-state index in [-0.39, 0.29) is 5.11 Å². The summed E-state index contributed by atoms with van der Waals surface area (Å²) < 4.78 is 8.51. The number of amides is 1. The molecular formula is C19H20Cl3N3O3S. The molecule has 0 fully saturated rings. The van der Waals surface area contributed by atoms with Gasteiger partial charge in [0.15, 0.2) is 16.6 Å². The van der Waals surface area contributed by atoms with Crippen LogP contribution in [0.25, 0.3) is 0 Å². The topological polar surface area (TPSA) is 71.6 Å². The quantitative estimate of drug-likeness (QED) is 0.326. The number of benzene rings is 2. The van der Waals surface area contributed by atoms with Gasteiger partial charge in [0, 0.05) is 11.3 Å². The van der Waals surface area contributed by atoms with Crippen LogP contribution in [0.4, 0.5) is 5.69 Å². The zero-order valence-corrected chi connectivity index (χ0v) is 19.0. The van der Waals surface area contributed by atoms with Crippen molar-refractivity contribution in [2.24, 2.45) is 0 Å². The molecule has 1 atom stereocenters. The molecular weight excluding hydrogens is 457 g/mol. The number of anilines is 1. The normalized spacial score (nSPS) is 11.9. The first-order valence-electron chi connectivity index (χ1n) is 8.38. The number of nitrogens with one attached hydrogen (secondary N) is 3. The summed E-state index contributed by atoms with van der Waals surface area (Å²) in [6.07, 6.45) is -1.10. The molecule has 10 heteroatoms. The molecule has 3 N–H and O–H groups in total. The summed E-state index contributed by atoms with van der Waals surface area (Å²) in [6, 6.07) is 12.3. The number of hydrogen-bond donors (Lipinski definition) is 3. The molecule has 0 aliphatic carbocycles. The molecule has 0 saturated heterocycles. The monoisotopic (exact) mass is 475 g/mol. The van der Waals surface area contributed by atoms with Crippen LogP contribution in [0.15, 0.2) is 42.5 Å². The van der Waals surface area contributed by atoms with Gasteiger partial charge >= 0.3 is 0 Å². The Hall–Kier alpha value is -1.93. The Morgan fingerprint density at radius 2 is 1.72 bits per heavy atom. The number of methoxy groups -OCH3 is 2. The minimum Gasteiger partial charge on any atom is -0.493 e. The molecule has 0 aromatic heterocycles. The highest BCUT2D eigenvalue weighted by Crippen LogP contribution is 2.30. The van der Waals surface area contributed by atoms with Gasteiger partial charge in [0.25, 0.3) is 5.91 Å². The van der Waals surface area contributed by atoms with E-state index in [1.54, 1.807) is 12.1 Å². The molecule has 2 rings (SSSR count). The second kappa shape index (κ2) is 10.2. The van der Waals surface area contributed by atoms with Gasteiger partial charge in [0.05, 0.1) is 14.2 Å². The van der Waals surface area contributed by atoms with Crippen molar-refractivity contribution >= 4 is 63.7 Å². The number of hydrogen-bond acceptors (Lipinski definition) is 4. The number of thiocarbonyl (C=S) groups is 1. The number of ether oxygens (including phenoxy) is 2. The van der Waals surface area contributed by atoms with Crippen LogP contribution in [-0.4, -0.2) is 35.2 Å². The number of rotatable bonds is 6. The predicted molar refractivity (Wildman–Crippen MR) is 122 cm³/mol. The molecule has 2 aromatic carbocycles. The second-order valence-corrected chi connectivity index (χ2v) is 8.76. The van der Waals surface area contributed by atoms with E-state index in [4.69, 9.17) is 56.5 Å². The van der Waals surface area contributed by atoms with Crippen LogP contribution in [0.1, 0.15) is 15.9 Å². The fourth-order valence-electron chi connectivity index (χ4n) is 2.41. The molecule has 0 aliphatic heterocycles. The van der Waals surface area contributed by atoms with Crippen molar-refractivity contribution < 1.29 is 14.3 Å². The van der Waals surface area contributed by atoms with E-state index >= 15 is 0 Å². The SMILES string of the molecule is COc1ccc(C(=O)N[C@H](NC(=S)Nc2cccc(C)c2)C(Cl)(Cl)Cl)cc1OC. The molecule has 0 bridgehead atoms. The summed E-state index contributed by atoms with van der Waals surface area (Å²) in [5.74, 6) is 0.395. The largest absolute Gasteiger partial charge is 0.493 e. The average molecular weight is 477 g/mol. The summed E-state index contributed by atoms with van der Waals surface area (Å²) in [5, 5.41) is 8.60. The van der Waals surface area contributed by atoms with Crippen molar-refractivity contribution in [2.45, 2.75) is 16.9 Å². The lowest BCUT2D eigenvalue weighted by atomic mass is 10.2. The third-order valence-corrected chi connectivity index (χ3v) is 4.67. The Bertz CT molecular complexity index is 890. The van der Waals surface area contributed by atoms with Gasteiger partial charge in [-0.05, 0) is 55.0 Å². The molecule has 0 aliphatic rings. The van der Waals surface area contributed by atoms with Crippen LogP contribution < -0.4 is 25.4 Å². The van der Waals surface area contributed by atoms with Gasteiger partial charge in [-0.15, -0.1) is 0 Å². The van der Waals surface area contributed by atoms with Crippen LogP contribution in [0.2, 0.25) is 0 Å². The highest BCUT2D eigenvalue weighted by molar-refractivity contribution is 7.80. The van der Waals surface area contributed by atoms with Gasteiger partial charge in [0.2, 0.25) is 3.79 Å². The van der Waals surface area contributed by atoms with E-state index in [1.807, 2.05) is 31.2 Å². The van der Waals surface area contributed by atoms with Crippen molar-refractivity contribution in [3.8, 4) is 11.5 Å². The van der Waals surface area contributed by atoms with Crippen molar-refractivity contribution in [1.82, 2.24) is 10.6 Å². The Balaban J connectivity index is 2.12. The highest BCUT2D eigenvalue weighted by atomic mass is 35.6. The molecule has 6 nitrogen and oxygen atoms in total. The van der Waals surface area contributed by atoms with Gasteiger partial charge in [-0.2, -0.15) is 0 Å². The summed E-state index contributed by atoms with van der Waals surface area (Å²) in [6.45, 7) is 1.95. The van der Waals surface area contributed by atoms with Gasteiger partial charge in [0.1, 0.15) is 6.17 Å². The fraction of sp³-hybridized carbons (Fsp3) is 0.263. The Morgan fingerprint density at radius 3 is 2.31 bits per heavy atom. The van der Waals surface area contributed by atoms with E-state index in [0.29, 0.717) is 17.1 Å². The summed E-state index contributed by atoms with van der Waals surface area (Å²) in [5.41, 5.74) is 2.11. The Labute approximate surface area is 189 Å². The third kappa shape index (κ3) is 6.82. The minimum atomic E-state index is -1.87. The van der Waals surface area contributed by atoms with Gasteiger partial charge in [-0.3, -0.25) is 4.79 Å². The maximum Gasteiger partial charge on any atom is 0.253 e. The number of alkyl halides is 3. The second-order valence-electron chi connectivity index (χ2n) is 5.99. The van der Waals surface area contributed by atoms with Crippen LogP contribution in [0.3, 0.4) is 0 Å². The number of carbonyl (C=O) groups excluding carboxylic acids is 1. The van der Waals surface area contributed by atoms with E-state index in [0.717, 1.165) is 11.3 Å². The minimum absolute atomic E-state index is 0.180. The molecule has 0 radical (unpaired) electrons. The maximum absolute atomic E-state index is 12.7. The van der Waals surface area contributed by atoms with E-state index in [9.17, 15) is 4.79 Å². The van der Waals surface area contributed by atoms with Gasteiger partial charge in [-0.1, -0.05) is 46.9 Å². The summed E-state index contributed by atoms with van der Waals surface area (Å²) in [4.78, 5) is 12.7. The van der Waals surface area contributed by atoms with Gasteiger partial charge < -0.3 is 25.4 Å².